The summed E-state index contributed by atoms with van der Waals surface area (Å²) in [4.78, 5) is 26.7. The van der Waals surface area contributed by atoms with E-state index in [9.17, 15) is 14.0 Å². The highest BCUT2D eigenvalue weighted by Crippen LogP contribution is 2.59. The number of nitrogens with one attached hydrogen (secondary N) is 1. The summed E-state index contributed by atoms with van der Waals surface area (Å²) in [7, 11) is 0. The number of nitrogens with zero attached hydrogens (tertiary/aromatic N) is 1. The van der Waals surface area contributed by atoms with Crippen LogP contribution in [-0.2, 0) is 14.9 Å². The lowest BCUT2D eigenvalue weighted by atomic mass is 9.97. The van der Waals surface area contributed by atoms with Crippen LogP contribution in [0.2, 0.25) is 0 Å². The van der Waals surface area contributed by atoms with Crippen molar-refractivity contribution in [1.82, 2.24) is 0 Å². The molecule has 2 amide bonds. The van der Waals surface area contributed by atoms with Crippen LogP contribution in [-0.4, -0.2) is 17.6 Å². The Morgan fingerprint density at radius 3 is 2.62 bits per heavy atom. The van der Waals surface area contributed by atoms with Crippen molar-refractivity contribution in [2.24, 2.45) is 0 Å². The van der Waals surface area contributed by atoms with Gasteiger partial charge in [-0.3, -0.25) is 15.0 Å². The molecule has 1 spiro atoms. The number of carbonyl (C=O) groups excluding carboxylic acids is 2. The normalized spacial score (nSPS) is 20.2. The molecule has 0 aromatic heterocycles. The van der Waals surface area contributed by atoms with E-state index in [4.69, 9.17) is 4.74 Å². The van der Waals surface area contributed by atoms with E-state index >= 15 is 0 Å². The number of rotatable bonds is 2. The second-order valence-electron chi connectivity index (χ2n) is 8.29. The molecule has 1 saturated carbocycles. The quantitative estimate of drug-likeness (QED) is 0.839. The number of ether oxygens (including phenoxy) is 1. The zero-order valence-electron chi connectivity index (χ0n) is 15.3. The second-order valence-corrected chi connectivity index (χ2v) is 8.29. The summed E-state index contributed by atoms with van der Waals surface area (Å²) in [5, 5.41) is 2.48. The molecule has 0 saturated heterocycles. The van der Waals surface area contributed by atoms with Gasteiger partial charge in [-0.15, -0.1) is 0 Å². The summed E-state index contributed by atoms with van der Waals surface area (Å²) < 4.78 is 19.9. The van der Waals surface area contributed by atoms with E-state index in [2.05, 4.69) is 11.4 Å². The number of hydrogen-bond acceptors (Lipinski definition) is 3. The van der Waals surface area contributed by atoms with Crippen molar-refractivity contribution in [2.75, 3.05) is 10.2 Å². The van der Waals surface area contributed by atoms with E-state index in [1.165, 1.54) is 6.07 Å². The lowest BCUT2D eigenvalue weighted by molar-refractivity contribution is -0.119. The van der Waals surface area contributed by atoms with Gasteiger partial charge in [0.1, 0.15) is 11.4 Å². The molecule has 0 unspecified atom stereocenters. The number of allylic oxidation sites excluding steroid dienone is 2. The molecule has 1 aromatic carbocycles. The first kappa shape index (κ1) is 17.1. The van der Waals surface area contributed by atoms with Crippen molar-refractivity contribution in [3.63, 3.8) is 0 Å². The monoisotopic (exact) mass is 358 g/mol. The topological polar surface area (TPSA) is 58.6 Å². The Kier molecular flexibility index (Phi) is 3.65. The maximum Gasteiger partial charge on any atom is 0.412 e. The molecule has 138 valence electrons. The Labute approximate surface area is 152 Å². The molecule has 0 atom stereocenters. The van der Waals surface area contributed by atoms with Crippen LogP contribution in [0.3, 0.4) is 0 Å². The molecule has 6 heteroatoms. The van der Waals surface area contributed by atoms with E-state index in [-0.39, 0.29) is 11.6 Å². The minimum atomic E-state index is -0.708. The van der Waals surface area contributed by atoms with Crippen LogP contribution in [0.1, 0.15) is 58.4 Å². The Morgan fingerprint density at radius 2 is 2.04 bits per heavy atom. The van der Waals surface area contributed by atoms with Crippen molar-refractivity contribution in [3.05, 3.63) is 35.3 Å². The fraction of sp³-hybridized carbons (Fsp3) is 0.500. The Morgan fingerprint density at radius 1 is 1.31 bits per heavy atom. The van der Waals surface area contributed by atoms with Crippen molar-refractivity contribution in [2.45, 2.75) is 63.9 Å². The first-order valence-electron chi connectivity index (χ1n) is 9.09. The lowest BCUT2D eigenvalue weighted by Gasteiger charge is -2.21. The highest BCUT2D eigenvalue weighted by molar-refractivity contribution is 6.12. The molecule has 1 aliphatic heterocycles. The maximum absolute atomic E-state index is 14.7. The summed E-state index contributed by atoms with van der Waals surface area (Å²) >= 11 is 0. The third kappa shape index (κ3) is 2.68. The average molecular weight is 358 g/mol. The maximum atomic E-state index is 14.7. The smallest absolute Gasteiger partial charge is 0.412 e. The van der Waals surface area contributed by atoms with E-state index < -0.39 is 22.9 Å². The molecule has 1 aromatic rings. The van der Waals surface area contributed by atoms with Crippen LogP contribution >= 0.6 is 0 Å². The summed E-state index contributed by atoms with van der Waals surface area (Å²) in [5.41, 5.74) is 1.23. The van der Waals surface area contributed by atoms with E-state index in [0.717, 1.165) is 43.4 Å². The van der Waals surface area contributed by atoms with Crippen LogP contribution < -0.4 is 10.2 Å². The largest absolute Gasteiger partial charge is 0.444 e. The van der Waals surface area contributed by atoms with Gasteiger partial charge in [-0.05, 0) is 64.5 Å². The SMILES string of the molecule is CC(C)(C)OC(=O)Nc1cc2c(cc1F)N(C1=CCCC1)C(=O)C21CC1. The van der Waals surface area contributed by atoms with Crippen molar-refractivity contribution < 1.29 is 18.7 Å². The highest BCUT2D eigenvalue weighted by Gasteiger charge is 2.60. The molecule has 0 bridgehead atoms. The molecule has 3 aliphatic rings. The van der Waals surface area contributed by atoms with Gasteiger partial charge in [0.2, 0.25) is 5.91 Å². The molecule has 26 heavy (non-hydrogen) atoms. The first-order valence-corrected chi connectivity index (χ1v) is 9.09. The number of amides is 2. The molecule has 1 heterocycles. The van der Waals surface area contributed by atoms with Crippen LogP contribution in [0.25, 0.3) is 0 Å². The number of hydrogen-bond donors (Lipinski definition) is 1. The van der Waals surface area contributed by atoms with Crippen LogP contribution in [0, 0.1) is 5.82 Å². The second kappa shape index (κ2) is 5.56. The molecule has 2 aliphatic carbocycles. The molecule has 4 rings (SSSR count). The zero-order chi connectivity index (χ0) is 18.7. The number of halogens is 1. The highest BCUT2D eigenvalue weighted by atomic mass is 19.1. The first-order chi connectivity index (χ1) is 12.2. The molecule has 5 nitrogen and oxygen atoms in total. The minimum Gasteiger partial charge on any atom is -0.444 e. The fourth-order valence-corrected chi connectivity index (χ4v) is 3.83. The lowest BCUT2D eigenvalue weighted by Crippen LogP contribution is -2.30. The minimum absolute atomic E-state index is 0.0365. The fourth-order valence-electron chi connectivity index (χ4n) is 3.83. The predicted molar refractivity (Wildman–Crippen MR) is 96.6 cm³/mol. The van der Waals surface area contributed by atoms with E-state index in [0.29, 0.717) is 5.69 Å². The molecule has 0 radical (unpaired) electrons. The van der Waals surface area contributed by atoms with Crippen LogP contribution in [0.4, 0.5) is 20.6 Å². The molecule has 1 fully saturated rings. The van der Waals surface area contributed by atoms with Crippen molar-refractivity contribution >= 4 is 23.4 Å². The zero-order valence-corrected chi connectivity index (χ0v) is 15.3. The summed E-state index contributed by atoms with van der Waals surface area (Å²) in [6.07, 6.45) is 5.68. The van der Waals surface area contributed by atoms with Gasteiger partial charge in [-0.25, -0.2) is 9.18 Å². The van der Waals surface area contributed by atoms with Crippen molar-refractivity contribution in [1.29, 1.82) is 0 Å². The number of anilines is 2. The van der Waals surface area contributed by atoms with Crippen LogP contribution in [0.5, 0.6) is 0 Å². The van der Waals surface area contributed by atoms with Crippen molar-refractivity contribution in [3.8, 4) is 0 Å². The van der Waals surface area contributed by atoms with Gasteiger partial charge in [0.05, 0.1) is 16.8 Å². The number of carbonyl (C=O) groups is 2. The molecular weight excluding hydrogens is 335 g/mol. The van der Waals surface area contributed by atoms with E-state index in [1.54, 1.807) is 31.7 Å². The Balaban J connectivity index is 1.69. The van der Waals surface area contributed by atoms with Gasteiger partial charge in [0.25, 0.3) is 0 Å². The predicted octanol–water partition coefficient (Wildman–Crippen LogP) is 4.62. The summed E-state index contributed by atoms with van der Waals surface area (Å²) in [6.45, 7) is 5.24. The van der Waals surface area contributed by atoms with E-state index in [1.807, 2.05) is 0 Å². The van der Waals surface area contributed by atoms with Gasteiger partial charge in [0, 0.05) is 11.8 Å². The number of benzene rings is 1. The van der Waals surface area contributed by atoms with Gasteiger partial charge < -0.3 is 4.74 Å². The summed E-state index contributed by atoms with van der Waals surface area (Å²) in [6, 6.07) is 2.97. The van der Waals surface area contributed by atoms with Crippen LogP contribution in [0.15, 0.2) is 23.9 Å². The molecular formula is C20H23FN2O3. The molecule has 1 N–H and O–H groups in total. The van der Waals surface area contributed by atoms with Gasteiger partial charge in [-0.1, -0.05) is 6.08 Å². The third-order valence-corrected chi connectivity index (χ3v) is 5.14. The Hall–Kier alpha value is -2.37. The summed E-state index contributed by atoms with van der Waals surface area (Å²) in [5.74, 6) is -0.529. The Bertz CT molecular complexity index is 834. The standard InChI is InChI=1S/C20H23FN2O3/c1-19(2,3)26-18(25)22-15-10-13-16(11-14(15)21)23(12-6-4-5-7-12)17(24)20(13)8-9-20/h6,10-11H,4-5,7-9H2,1-3H3,(H,22,25). The number of fused-ring (bicyclic) bond motifs is 2. The third-order valence-electron chi connectivity index (χ3n) is 5.14. The average Bonchev–Trinajstić information content (AvgIpc) is 3.10. The van der Waals surface area contributed by atoms with Gasteiger partial charge >= 0.3 is 6.09 Å². The van der Waals surface area contributed by atoms with Gasteiger partial charge in [0.15, 0.2) is 0 Å². The van der Waals surface area contributed by atoms with Gasteiger partial charge in [-0.2, -0.15) is 0 Å².